The van der Waals surface area contributed by atoms with Crippen LogP contribution < -0.4 is 14.4 Å². The third-order valence-corrected chi connectivity index (χ3v) is 3.81. The standard InChI is InChI=1S/C22H23NO2/c1-17(2)25-22-15-11-20(12-16-22)23(18-7-5-4-6-8-18)19-9-13-21(24-3)14-10-19/h4-17H,1-3H3. The molecule has 25 heavy (non-hydrogen) atoms. The second-order valence-corrected chi connectivity index (χ2v) is 6.03. The molecule has 0 atom stereocenters. The van der Waals surface area contributed by atoms with E-state index in [1.54, 1.807) is 7.11 Å². The Hall–Kier alpha value is -2.94. The van der Waals surface area contributed by atoms with Gasteiger partial charge in [0.2, 0.25) is 0 Å². The molecule has 0 aromatic heterocycles. The molecule has 0 aliphatic carbocycles. The van der Waals surface area contributed by atoms with Crippen LogP contribution >= 0.6 is 0 Å². The molecule has 128 valence electrons. The zero-order valence-corrected chi connectivity index (χ0v) is 14.8. The number of anilines is 3. The average Bonchev–Trinajstić information content (AvgIpc) is 2.64. The van der Waals surface area contributed by atoms with Crippen LogP contribution in [0.5, 0.6) is 11.5 Å². The highest BCUT2D eigenvalue weighted by Crippen LogP contribution is 2.35. The number of ether oxygens (including phenoxy) is 2. The maximum absolute atomic E-state index is 5.76. The molecule has 0 radical (unpaired) electrons. The second kappa shape index (κ2) is 7.75. The molecule has 0 heterocycles. The molecule has 3 aromatic carbocycles. The van der Waals surface area contributed by atoms with Gasteiger partial charge in [-0.25, -0.2) is 0 Å². The lowest BCUT2D eigenvalue weighted by Gasteiger charge is -2.25. The van der Waals surface area contributed by atoms with Gasteiger partial charge in [0, 0.05) is 17.1 Å². The molecule has 0 unspecified atom stereocenters. The molecular formula is C22H23NO2. The molecular weight excluding hydrogens is 310 g/mol. The van der Waals surface area contributed by atoms with Gasteiger partial charge in [0.1, 0.15) is 11.5 Å². The minimum absolute atomic E-state index is 0.165. The van der Waals surface area contributed by atoms with Gasteiger partial charge in [-0.15, -0.1) is 0 Å². The van der Waals surface area contributed by atoms with Crippen molar-refractivity contribution >= 4 is 17.1 Å². The Labute approximate surface area is 149 Å². The van der Waals surface area contributed by atoms with E-state index in [1.165, 1.54) is 0 Å². The molecule has 0 bridgehead atoms. The largest absolute Gasteiger partial charge is 0.497 e. The van der Waals surface area contributed by atoms with Gasteiger partial charge in [-0.2, -0.15) is 0 Å². The van der Waals surface area contributed by atoms with Crippen LogP contribution in [0.4, 0.5) is 17.1 Å². The summed E-state index contributed by atoms with van der Waals surface area (Å²) in [4.78, 5) is 2.21. The Morgan fingerprint density at radius 3 is 1.60 bits per heavy atom. The summed E-state index contributed by atoms with van der Waals surface area (Å²) in [6, 6.07) is 26.6. The SMILES string of the molecule is COc1ccc(N(c2ccccc2)c2ccc(OC(C)C)cc2)cc1. The fourth-order valence-corrected chi connectivity index (χ4v) is 2.70. The van der Waals surface area contributed by atoms with Crippen LogP contribution in [0.2, 0.25) is 0 Å². The van der Waals surface area contributed by atoms with Crippen LogP contribution in [0, 0.1) is 0 Å². The molecule has 3 rings (SSSR count). The Morgan fingerprint density at radius 2 is 1.12 bits per heavy atom. The van der Waals surface area contributed by atoms with Gasteiger partial charge in [-0.3, -0.25) is 0 Å². The molecule has 3 nitrogen and oxygen atoms in total. The first-order valence-electron chi connectivity index (χ1n) is 8.43. The lowest BCUT2D eigenvalue weighted by molar-refractivity contribution is 0.242. The van der Waals surface area contributed by atoms with Crippen LogP contribution in [0.15, 0.2) is 78.9 Å². The van der Waals surface area contributed by atoms with Gasteiger partial charge in [0.25, 0.3) is 0 Å². The van der Waals surface area contributed by atoms with E-state index in [0.29, 0.717) is 0 Å². The predicted octanol–water partition coefficient (Wildman–Crippen LogP) is 5.95. The quantitative estimate of drug-likeness (QED) is 0.556. The number of benzene rings is 3. The molecule has 3 aromatic rings. The summed E-state index contributed by atoms with van der Waals surface area (Å²) in [5.74, 6) is 1.72. The Balaban J connectivity index is 1.99. The fraction of sp³-hybridized carbons (Fsp3) is 0.182. The Bertz CT molecular complexity index is 781. The average molecular weight is 333 g/mol. The highest BCUT2D eigenvalue weighted by molar-refractivity contribution is 5.76. The summed E-state index contributed by atoms with van der Waals surface area (Å²) < 4.78 is 11.0. The monoisotopic (exact) mass is 333 g/mol. The van der Waals surface area contributed by atoms with Crippen LogP contribution in [-0.4, -0.2) is 13.2 Å². The lowest BCUT2D eigenvalue weighted by Crippen LogP contribution is -2.10. The van der Waals surface area contributed by atoms with Crippen molar-refractivity contribution in [2.45, 2.75) is 20.0 Å². The molecule has 0 amide bonds. The Kier molecular flexibility index (Phi) is 5.24. The minimum atomic E-state index is 0.165. The van der Waals surface area contributed by atoms with Crippen molar-refractivity contribution in [3.05, 3.63) is 78.9 Å². The van der Waals surface area contributed by atoms with Crippen LogP contribution in [0.1, 0.15) is 13.8 Å². The molecule has 0 aliphatic rings. The van der Waals surface area contributed by atoms with Gasteiger partial charge >= 0.3 is 0 Å². The van der Waals surface area contributed by atoms with Crippen molar-refractivity contribution in [3.63, 3.8) is 0 Å². The third-order valence-electron chi connectivity index (χ3n) is 3.81. The summed E-state index contributed by atoms with van der Waals surface area (Å²) in [5.41, 5.74) is 3.25. The normalized spacial score (nSPS) is 10.6. The van der Waals surface area contributed by atoms with E-state index in [4.69, 9.17) is 9.47 Å². The summed E-state index contributed by atoms with van der Waals surface area (Å²) in [6.07, 6.45) is 0.165. The van der Waals surface area contributed by atoms with E-state index < -0.39 is 0 Å². The molecule has 3 heteroatoms. The van der Waals surface area contributed by atoms with Crippen molar-refractivity contribution in [1.29, 1.82) is 0 Å². The van der Waals surface area contributed by atoms with E-state index in [-0.39, 0.29) is 6.10 Å². The van der Waals surface area contributed by atoms with Gasteiger partial charge < -0.3 is 14.4 Å². The predicted molar refractivity (Wildman–Crippen MR) is 103 cm³/mol. The zero-order valence-electron chi connectivity index (χ0n) is 14.8. The first kappa shape index (κ1) is 16.9. The van der Waals surface area contributed by atoms with Crippen LogP contribution in [0.3, 0.4) is 0 Å². The van der Waals surface area contributed by atoms with E-state index in [9.17, 15) is 0 Å². The first-order valence-corrected chi connectivity index (χ1v) is 8.43. The minimum Gasteiger partial charge on any atom is -0.497 e. The smallest absolute Gasteiger partial charge is 0.119 e. The topological polar surface area (TPSA) is 21.7 Å². The molecule has 0 N–H and O–H groups in total. The van der Waals surface area contributed by atoms with E-state index in [1.807, 2.05) is 56.3 Å². The van der Waals surface area contributed by atoms with E-state index in [0.717, 1.165) is 28.6 Å². The summed E-state index contributed by atoms with van der Waals surface area (Å²) >= 11 is 0. The van der Waals surface area contributed by atoms with Crippen molar-refractivity contribution in [2.24, 2.45) is 0 Å². The molecule has 0 spiro atoms. The van der Waals surface area contributed by atoms with Crippen molar-refractivity contribution in [2.75, 3.05) is 12.0 Å². The summed E-state index contributed by atoms with van der Waals surface area (Å²) in [6.45, 7) is 4.06. The maximum atomic E-state index is 5.76. The molecule has 0 aliphatic heterocycles. The summed E-state index contributed by atoms with van der Waals surface area (Å²) in [5, 5.41) is 0. The Morgan fingerprint density at radius 1 is 0.640 bits per heavy atom. The maximum Gasteiger partial charge on any atom is 0.119 e. The highest BCUT2D eigenvalue weighted by Gasteiger charge is 2.12. The molecule has 0 saturated heterocycles. The van der Waals surface area contributed by atoms with Gasteiger partial charge in [-0.1, -0.05) is 18.2 Å². The number of hydrogen-bond acceptors (Lipinski definition) is 3. The number of hydrogen-bond donors (Lipinski definition) is 0. The molecule has 0 fully saturated rings. The highest BCUT2D eigenvalue weighted by atomic mass is 16.5. The van der Waals surface area contributed by atoms with E-state index in [2.05, 4.69) is 41.3 Å². The van der Waals surface area contributed by atoms with Gasteiger partial charge in [0.05, 0.1) is 13.2 Å². The number of rotatable bonds is 6. The van der Waals surface area contributed by atoms with E-state index >= 15 is 0 Å². The lowest BCUT2D eigenvalue weighted by atomic mass is 10.2. The zero-order chi connectivity index (χ0) is 17.6. The van der Waals surface area contributed by atoms with Crippen molar-refractivity contribution in [1.82, 2.24) is 0 Å². The van der Waals surface area contributed by atoms with Crippen LogP contribution in [-0.2, 0) is 0 Å². The van der Waals surface area contributed by atoms with Crippen molar-refractivity contribution < 1.29 is 9.47 Å². The second-order valence-electron chi connectivity index (χ2n) is 6.03. The number of nitrogens with zero attached hydrogens (tertiary/aromatic N) is 1. The van der Waals surface area contributed by atoms with Crippen LogP contribution in [0.25, 0.3) is 0 Å². The third kappa shape index (κ3) is 4.13. The van der Waals surface area contributed by atoms with Gasteiger partial charge in [0.15, 0.2) is 0 Å². The number of methoxy groups -OCH3 is 1. The number of para-hydroxylation sites is 1. The first-order chi connectivity index (χ1) is 12.2. The summed E-state index contributed by atoms with van der Waals surface area (Å²) in [7, 11) is 1.68. The molecule has 0 saturated carbocycles. The van der Waals surface area contributed by atoms with Crippen molar-refractivity contribution in [3.8, 4) is 11.5 Å². The van der Waals surface area contributed by atoms with Gasteiger partial charge in [-0.05, 0) is 74.5 Å². The fourth-order valence-electron chi connectivity index (χ4n) is 2.70.